The van der Waals surface area contributed by atoms with Crippen LogP contribution in [0.4, 0.5) is 8.78 Å². The summed E-state index contributed by atoms with van der Waals surface area (Å²) in [7, 11) is 0. The maximum absolute atomic E-state index is 13.2. The maximum Gasteiger partial charge on any atom is 0.273 e. The zero-order valence-electron chi connectivity index (χ0n) is 11.5. The molecule has 0 aliphatic rings. The van der Waals surface area contributed by atoms with Gasteiger partial charge in [-0.15, -0.1) is 0 Å². The predicted octanol–water partition coefficient (Wildman–Crippen LogP) is 3.39. The number of hydrogen-bond donors (Lipinski definition) is 1. The van der Waals surface area contributed by atoms with Crippen LogP contribution in [0.5, 0.6) is 5.75 Å². The van der Waals surface area contributed by atoms with E-state index < -0.39 is 24.6 Å². The Balaban J connectivity index is 2.28. The molecule has 0 aromatic heterocycles. The van der Waals surface area contributed by atoms with Crippen molar-refractivity contribution < 1.29 is 23.4 Å². The summed E-state index contributed by atoms with van der Waals surface area (Å²) in [5, 5.41) is 10.0. The Kier molecular flexibility index (Phi) is 6.65. The average Bonchev–Trinajstić information content (AvgIpc) is 2.37. The van der Waals surface area contributed by atoms with Crippen molar-refractivity contribution in [2.45, 2.75) is 25.9 Å². The van der Waals surface area contributed by atoms with E-state index in [0.717, 1.165) is 0 Å². The largest absolute Gasteiger partial charge is 0.489 e. The Hall–Kier alpha value is -0.910. The Morgan fingerprint density at radius 1 is 1.25 bits per heavy atom. The third-order valence-corrected chi connectivity index (χ3v) is 3.03. The van der Waals surface area contributed by atoms with E-state index in [-0.39, 0.29) is 13.2 Å². The minimum Gasteiger partial charge on any atom is -0.489 e. The molecule has 0 radical (unpaired) electrons. The second-order valence-corrected chi connectivity index (χ2v) is 5.23. The van der Waals surface area contributed by atoms with Crippen LogP contribution in [0, 0.1) is 5.92 Å². The summed E-state index contributed by atoms with van der Waals surface area (Å²) in [4.78, 5) is 0. The minimum absolute atomic E-state index is 0.0724. The molecule has 1 N–H and O–H groups in total. The van der Waals surface area contributed by atoms with Crippen LogP contribution in [0.2, 0.25) is 5.02 Å². The predicted molar refractivity (Wildman–Crippen MR) is 73.6 cm³/mol. The van der Waals surface area contributed by atoms with Crippen LogP contribution in [0.1, 0.15) is 13.8 Å². The van der Waals surface area contributed by atoms with Crippen LogP contribution >= 0.6 is 11.6 Å². The van der Waals surface area contributed by atoms with Gasteiger partial charge in [0, 0.05) is 5.92 Å². The first kappa shape index (κ1) is 17.1. The Morgan fingerprint density at radius 2 is 1.90 bits per heavy atom. The van der Waals surface area contributed by atoms with Crippen molar-refractivity contribution in [2.75, 3.05) is 19.8 Å². The van der Waals surface area contributed by atoms with E-state index in [1.165, 1.54) is 13.8 Å². The van der Waals surface area contributed by atoms with Crippen LogP contribution in [0.3, 0.4) is 0 Å². The zero-order valence-corrected chi connectivity index (χ0v) is 12.2. The number of aliphatic hydroxyl groups is 1. The van der Waals surface area contributed by atoms with Gasteiger partial charge in [-0.3, -0.25) is 0 Å². The Morgan fingerprint density at radius 3 is 2.50 bits per heavy atom. The fraction of sp³-hybridized carbons (Fsp3) is 0.571. The van der Waals surface area contributed by atoms with E-state index in [4.69, 9.17) is 21.1 Å². The third kappa shape index (κ3) is 5.61. The number of aliphatic hydroxyl groups excluding tert-OH is 1. The second-order valence-electron chi connectivity index (χ2n) is 4.83. The molecule has 1 unspecified atom stereocenters. The molecule has 1 rings (SSSR count). The third-order valence-electron chi connectivity index (χ3n) is 2.72. The van der Waals surface area contributed by atoms with Gasteiger partial charge in [-0.05, 0) is 12.1 Å². The molecule has 0 heterocycles. The van der Waals surface area contributed by atoms with Gasteiger partial charge in [0.2, 0.25) is 0 Å². The molecule has 1 aromatic rings. The van der Waals surface area contributed by atoms with Gasteiger partial charge in [0.15, 0.2) is 0 Å². The lowest BCUT2D eigenvalue weighted by molar-refractivity contribution is -0.120. The van der Waals surface area contributed by atoms with Crippen molar-refractivity contribution in [3.8, 4) is 5.75 Å². The number of para-hydroxylation sites is 1. The molecule has 0 fully saturated rings. The fourth-order valence-electron chi connectivity index (χ4n) is 1.29. The van der Waals surface area contributed by atoms with Gasteiger partial charge < -0.3 is 14.6 Å². The SMILES string of the molecule is CC(C)C(F)(F)COCC(O)COc1ccccc1Cl. The molecule has 0 saturated heterocycles. The lowest BCUT2D eigenvalue weighted by Gasteiger charge is -2.21. The first-order valence-electron chi connectivity index (χ1n) is 6.34. The highest BCUT2D eigenvalue weighted by molar-refractivity contribution is 6.32. The molecular formula is C14H19ClF2O3. The molecule has 0 aliphatic carbocycles. The van der Waals surface area contributed by atoms with E-state index in [0.29, 0.717) is 10.8 Å². The van der Waals surface area contributed by atoms with Crippen LogP contribution in [0.15, 0.2) is 24.3 Å². The van der Waals surface area contributed by atoms with Crippen molar-refractivity contribution in [3.63, 3.8) is 0 Å². The van der Waals surface area contributed by atoms with Crippen molar-refractivity contribution in [3.05, 3.63) is 29.3 Å². The summed E-state index contributed by atoms with van der Waals surface area (Å²) >= 11 is 5.87. The van der Waals surface area contributed by atoms with E-state index >= 15 is 0 Å². The molecule has 0 bridgehead atoms. The van der Waals surface area contributed by atoms with Gasteiger partial charge in [0.25, 0.3) is 5.92 Å². The van der Waals surface area contributed by atoms with Crippen LogP contribution in [0.25, 0.3) is 0 Å². The smallest absolute Gasteiger partial charge is 0.273 e. The molecule has 6 heteroatoms. The summed E-state index contributed by atoms with van der Waals surface area (Å²) in [6.07, 6.45) is -0.991. The first-order valence-corrected chi connectivity index (χ1v) is 6.71. The quantitative estimate of drug-likeness (QED) is 0.800. The van der Waals surface area contributed by atoms with Gasteiger partial charge in [-0.2, -0.15) is 0 Å². The van der Waals surface area contributed by atoms with Gasteiger partial charge in [-0.1, -0.05) is 37.6 Å². The molecule has 0 aliphatic heterocycles. The van der Waals surface area contributed by atoms with Gasteiger partial charge in [0.05, 0.1) is 11.6 Å². The van der Waals surface area contributed by atoms with E-state index in [2.05, 4.69) is 0 Å². The summed E-state index contributed by atoms with van der Waals surface area (Å²) in [5.41, 5.74) is 0. The normalized spacial score (nSPS) is 13.6. The number of benzene rings is 1. The molecular weight excluding hydrogens is 290 g/mol. The van der Waals surface area contributed by atoms with Crippen LogP contribution in [-0.4, -0.2) is 37.0 Å². The molecule has 3 nitrogen and oxygen atoms in total. The molecule has 0 saturated carbocycles. The lowest BCUT2D eigenvalue weighted by atomic mass is 10.1. The van der Waals surface area contributed by atoms with Crippen molar-refractivity contribution in [2.24, 2.45) is 5.92 Å². The summed E-state index contributed by atoms with van der Waals surface area (Å²) in [5.74, 6) is -3.27. The molecule has 20 heavy (non-hydrogen) atoms. The van der Waals surface area contributed by atoms with E-state index in [1.54, 1.807) is 24.3 Å². The minimum atomic E-state index is -2.90. The lowest BCUT2D eigenvalue weighted by Crippen LogP contribution is -2.33. The number of halogens is 3. The number of hydrogen-bond acceptors (Lipinski definition) is 3. The van der Waals surface area contributed by atoms with Crippen molar-refractivity contribution >= 4 is 11.6 Å². The van der Waals surface area contributed by atoms with Crippen molar-refractivity contribution in [1.29, 1.82) is 0 Å². The van der Waals surface area contributed by atoms with Gasteiger partial charge in [0.1, 0.15) is 25.1 Å². The van der Waals surface area contributed by atoms with Crippen molar-refractivity contribution in [1.82, 2.24) is 0 Å². The summed E-state index contributed by atoms with van der Waals surface area (Å²) in [6, 6.07) is 6.81. The van der Waals surface area contributed by atoms with Gasteiger partial charge >= 0.3 is 0 Å². The molecule has 0 amide bonds. The molecule has 0 spiro atoms. The van der Waals surface area contributed by atoms with Gasteiger partial charge in [-0.25, -0.2) is 8.78 Å². The van der Waals surface area contributed by atoms with E-state index in [1.807, 2.05) is 0 Å². The van der Waals surface area contributed by atoms with Crippen LogP contribution < -0.4 is 4.74 Å². The number of alkyl halides is 2. The first-order chi connectivity index (χ1) is 9.33. The molecule has 1 aromatic carbocycles. The number of ether oxygens (including phenoxy) is 2. The summed E-state index contributed by atoms with van der Waals surface area (Å²) in [6.45, 7) is 1.83. The average molecular weight is 309 g/mol. The monoisotopic (exact) mass is 308 g/mol. The second kappa shape index (κ2) is 7.76. The Bertz CT molecular complexity index is 413. The fourth-order valence-corrected chi connectivity index (χ4v) is 1.48. The van der Waals surface area contributed by atoms with E-state index in [9.17, 15) is 13.9 Å². The number of rotatable bonds is 8. The maximum atomic E-state index is 13.2. The molecule has 1 atom stereocenters. The van der Waals surface area contributed by atoms with Crippen LogP contribution in [-0.2, 0) is 4.74 Å². The highest BCUT2D eigenvalue weighted by atomic mass is 35.5. The highest BCUT2D eigenvalue weighted by Gasteiger charge is 2.33. The standard InChI is InChI=1S/C14H19ClF2O3/c1-10(2)14(16,17)9-19-7-11(18)8-20-13-6-4-3-5-12(13)15/h3-6,10-11,18H,7-9H2,1-2H3. The molecule has 114 valence electrons. The Labute approximate surface area is 122 Å². The zero-order chi connectivity index (χ0) is 15.2. The summed E-state index contributed by atoms with van der Waals surface area (Å²) < 4.78 is 36.6. The highest BCUT2D eigenvalue weighted by Crippen LogP contribution is 2.24. The topological polar surface area (TPSA) is 38.7 Å².